The number of ether oxygens (including phenoxy) is 2. The molecule has 0 aromatic heterocycles. The highest BCUT2D eigenvalue weighted by atomic mass is 79.9. The molecule has 0 spiro atoms. The molecular formula is C36H35BrN6O4. The van der Waals surface area contributed by atoms with Gasteiger partial charge in [0.05, 0.1) is 13.2 Å². The topological polar surface area (TPSA) is 141 Å². The number of nitrogens with zero attached hydrogens (tertiary/aromatic N) is 4. The lowest BCUT2D eigenvalue weighted by Crippen LogP contribution is -2.56. The minimum Gasteiger partial charge on any atom is -0.494 e. The van der Waals surface area contributed by atoms with Crippen molar-refractivity contribution in [2.24, 2.45) is 10.1 Å². The fourth-order valence-corrected chi connectivity index (χ4v) is 6.42. The van der Waals surface area contributed by atoms with E-state index in [0.717, 1.165) is 28.4 Å². The number of carbonyl (C=O) groups is 1. The molecule has 0 bridgehead atoms. The van der Waals surface area contributed by atoms with Gasteiger partial charge in [0.25, 0.3) is 5.91 Å². The maximum atomic E-state index is 14.7. The number of aliphatic hydroxyl groups is 1. The molecule has 1 amide bonds. The van der Waals surface area contributed by atoms with Gasteiger partial charge in [-0.3, -0.25) is 10.2 Å². The maximum Gasteiger partial charge on any atom is 0.266 e. The molecule has 0 fully saturated rings. The summed E-state index contributed by atoms with van der Waals surface area (Å²) in [5, 5.41) is 12.9. The molecule has 6 rings (SSSR count). The molecule has 0 unspecified atom stereocenters. The van der Waals surface area contributed by atoms with Crippen molar-refractivity contribution in [3.63, 3.8) is 0 Å². The predicted octanol–water partition coefficient (Wildman–Crippen LogP) is 6.31. The number of halogens is 1. The third kappa shape index (κ3) is 7.34. The van der Waals surface area contributed by atoms with Gasteiger partial charge in [0, 0.05) is 40.4 Å². The van der Waals surface area contributed by atoms with Gasteiger partial charge in [-0.25, -0.2) is 10.4 Å². The van der Waals surface area contributed by atoms with Crippen LogP contribution in [0.1, 0.15) is 45.9 Å². The van der Waals surface area contributed by atoms with Crippen LogP contribution in [0.3, 0.4) is 0 Å². The summed E-state index contributed by atoms with van der Waals surface area (Å²) in [5.74, 6) is 0.632. The van der Waals surface area contributed by atoms with Crippen LogP contribution in [0.15, 0.2) is 112 Å². The molecule has 2 aliphatic rings. The number of carbonyl (C=O) groups excluding carboxylic acids is 1. The third-order valence-electron chi connectivity index (χ3n) is 8.50. The monoisotopic (exact) mass is 694 g/mol. The highest BCUT2D eigenvalue weighted by Gasteiger charge is 2.54. The second-order valence-corrected chi connectivity index (χ2v) is 12.6. The van der Waals surface area contributed by atoms with Crippen molar-refractivity contribution >= 4 is 27.7 Å². The lowest BCUT2D eigenvalue weighted by atomic mass is 9.80. The molecule has 4 aromatic carbocycles. The molecular weight excluding hydrogens is 660 g/mol. The first kappa shape index (κ1) is 32.3. The van der Waals surface area contributed by atoms with E-state index in [1.54, 1.807) is 0 Å². The molecule has 2 atom stereocenters. The van der Waals surface area contributed by atoms with Crippen LogP contribution in [-0.2, 0) is 35.3 Å². The summed E-state index contributed by atoms with van der Waals surface area (Å²) >= 11 is 3.52. The number of hydrogen-bond donors (Lipinski definition) is 3. The van der Waals surface area contributed by atoms with E-state index in [2.05, 4.69) is 48.9 Å². The Labute approximate surface area is 281 Å². The van der Waals surface area contributed by atoms with Gasteiger partial charge in [-0.05, 0) is 82.6 Å². The number of benzene rings is 4. The minimum absolute atomic E-state index is 0.0286. The van der Waals surface area contributed by atoms with E-state index in [1.807, 2.05) is 84.9 Å². The minimum atomic E-state index is -1.43. The van der Waals surface area contributed by atoms with Gasteiger partial charge in [-0.15, -0.1) is 0 Å². The molecule has 10 nitrogen and oxygen atoms in total. The molecule has 1 aliphatic heterocycles. The summed E-state index contributed by atoms with van der Waals surface area (Å²) in [4.78, 5) is 22.8. The number of hydrogen-bond acceptors (Lipinski definition) is 7. The van der Waals surface area contributed by atoms with Crippen molar-refractivity contribution in [2.75, 3.05) is 13.2 Å². The summed E-state index contributed by atoms with van der Waals surface area (Å²) in [6.45, 7) is 0.541. The quantitative estimate of drug-likeness (QED) is 0.0495. The summed E-state index contributed by atoms with van der Waals surface area (Å²) in [7, 11) is 0. The Bertz CT molecular complexity index is 1770. The number of amides is 1. The first-order valence-electron chi connectivity index (χ1n) is 15.6. The average molecular weight is 696 g/mol. The number of fused-ring (bicyclic) bond motifs is 1. The van der Waals surface area contributed by atoms with Gasteiger partial charge in [-0.1, -0.05) is 81.7 Å². The molecule has 4 aromatic rings. The Hall–Kier alpha value is -4.67. The number of nitrogens with one attached hydrogen (secondary N) is 2. The Kier molecular flexibility index (Phi) is 10.2. The van der Waals surface area contributed by atoms with Crippen LogP contribution in [0, 0.1) is 0 Å². The number of hydrazine groups is 1. The van der Waals surface area contributed by atoms with Gasteiger partial charge in [-0.2, -0.15) is 0 Å². The fraction of sp³-hybridized carbons (Fsp3) is 0.278. The van der Waals surface area contributed by atoms with E-state index < -0.39 is 11.6 Å². The van der Waals surface area contributed by atoms with Gasteiger partial charge in [0.1, 0.15) is 5.75 Å². The Morgan fingerprint density at radius 1 is 1.02 bits per heavy atom. The van der Waals surface area contributed by atoms with E-state index in [4.69, 9.17) is 25.1 Å². The summed E-state index contributed by atoms with van der Waals surface area (Å²) < 4.78 is 13.3. The predicted molar refractivity (Wildman–Crippen MR) is 183 cm³/mol. The molecule has 240 valence electrons. The molecule has 0 saturated heterocycles. The summed E-state index contributed by atoms with van der Waals surface area (Å²) in [6.07, 6.45) is 1.53. The first-order valence-corrected chi connectivity index (χ1v) is 16.3. The zero-order valence-corrected chi connectivity index (χ0v) is 27.3. The maximum absolute atomic E-state index is 14.7. The van der Waals surface area contributed by atoms with Crippen molar-refractivity contribution in [3.05, 3.63) is 145 Å². The van der Waals surface area contributed by atoms with Gasteiger partial charge in [0.2, 0.25) is 5.90 Å². The van der Waals surface area contributed by atoms with Crippen molar-refractivity contribution in [1.29, 1.82) is 0 Å². The zero-order chi connectivity index (χ0) is 32.6. The van der Waals surface area contributed by atoms with Crippen LogP contribution >= 0.6 is 15.9 Å². The van der Waals surface area contributed by atoms with Crippen LogP contribution in [0.2, 0.25) is 0 Å². The number of aliphatic imine (C=N–C) groups is 1. The highest BCUT2D eigenvalue weighted by Crippen LogP contribution is 2.44. The van der Waals surface area contributed by atoms with E-state index in [-0.39, 0.29) is 31.5 Å². The van der Waals surface area contributed by atoms with Crippen molar-refractivity contribution in [3.8, 4) is 5.75 Å². The van der Waals surface area contributed by atoms with Crippen LogP contribution in [0.4, 0.5) is 0 Å². The van der Waals surface area contributed by atoms with Crippen LogP contribution in [0.25, 0.3) is 10.4 Å². The van der Waals surface area contributed by atoms with Gasteiger partial charge < -0.3 is 14.6 Å². The zero-order valence-electron chi connectivity index (χ0n) is 25.7. The molecule has 0 radical (unpaired) electrons. The standard InChI is InChI=1S/C36H35BrN6O4/c37-29-14-10-24(11-15-29)22-36(35(45)42-41-30-20-26-6-1-2-7-27(26)21-30)33(32-9-4-3-8-28(32)23-39-43-38)47-34(40-36)25-12-16-31(17-13-25)46-19-5-18-44/h1-4,6-17,30,33,41,44H,5,18-23H2,(H,42,45)/t33-,36-/m0/s1. The highest BCUT2D eigenvalue weighted by molar-refractivity contribution is 9.10. The number of rotatable bonds is 13. The Morgan fingerprint density at radius 3 is 2.43 bits per heavy atom. The van der Waals surface area contributed by atoms with E-state index in [1.165, 1.54) is 11.1 Å². The molecule has 11 heteroatoms. The lowest BCUT2D eigenvalue weighted by Gasteiger charge is -2.32. The van der Waals surface area contributed by atoms with Crippen molar-refractivity contribution in [2.45, 2.75) is 49.9 Å². The molecule has 0 saturated carbocycles. The van der Waals surface area contributed by atoms with Crippen LogP contribution in [0.5, 0.6) is 5.75 Å². The number of azide groups is 1. The SMILES string of the molecule is [N-]=[N+]=NCc1ccccc1[C@@H]1OC(c2ccc(OCCCO)cc2)=N[C@]1(Cc1ccc(Br)cc1)C(=O)NNC1Cc2ccccc2C1. The smallest absolute Gasteiger partial charge is 0.266 e. The third-order valence-corrected chi connectivity index (χ3v) is 9.03. The molecule has 3 N–H and O–H groups in total. The second-order valence-electron chi connectivity index (χ2n) is 11.7. The summed E-state index contributed by atoms with van der Waals surface area (Å²) in [5.41, 5.74) is 19.6. The average Bonchev–Trinajstić information content (AvgIpc) is 3.70. The fourth-order valence-electron chi connectivity index (χ4n) is 6.15. The largest absolute Gasteiger partial charge is 0.494 e. The Morgan fingerprint density at radius 2 is 1.72 bits per heavy atom. The van der Waals surface area contributed by atoms with E-state index >= 15 is 0 Å². The van der Waals surface area contributed by atoms with E-state index in [9.17, 15) is 4.79 Å². The van der Waals surface area contributed by atoms with Gasteiger partial charge >= 0.3 is 0 Å². The van der Waals surface area contributed by atoms with Crippen molar-refractivity contribution in [1.82, 2.24) is 10.9 Å². The van der Waals surface area contributed by atoms with Crippen LogP contribution < -0.4 is 15.6 Å². The van der Waals surface area contributed by atoms with Gasteiger partial charge in [0.15, 0.2) is 11.6 Å². The Balaban J connectivity index is 1.39. The second kappa shape index (κ2) is 14.8. The normalized spacial score (nSPS) is 18.5. The van der Waals surface area contributed by atoms with Crippen molar-refractivity contribution < 1.29 is 19.4 Å². The molecule has 1 aliphatic carbocycles. The summed E-state index contributed by atoms with van der Waals surface area (Å²) in [6, 6.07) is 31.0. The lowest BCUT2D eigenvalue weighted by molar-refractivity contribution is -0.130. The van der Waals surface area contributed by atoms with E-state index in [0.29, 0.717) is 35.8 Å². The molecule has 47 heavy (non-hydrogen) atoms. The first-order chi connectivity index (χ1) is 23.0. The number of aliphatic hydroxyl groups excluding tert-OH is 1. The van der Waals surface area contributed by atoms with Crippen LogP contribution in [-0.4, -0.2) is 41.7 Å². The molecule has 1 heterocycles.